The predicted octanol–water partition coefficient (Wildman–Crippen LogP) is 4.06. The molecule has 1 saturated carbocycles. The van der Waals surface area contributed by atoms with Gasteiger partial charge in [-0.05, 0) is 70.5 Å². The van der Waals surface area contributed by atoms with Crippen molar-refractivity contribution >= 4 is 0 Å². The molecule has 0 spiro atoms. The number of hydrogen-bond acceptors (Lipinski definition) is 2. The normalized spacial score (nSPS) is 31.4. The van der Waals surface area contributed by atoms with Crippen LogP contribution in [0.5, 0.6) is 0 Å². The molecule has 2 aliphatic rings. The van der Waals surface area contributed by atoms with E-state index in [9.17, 15) is 0 Å². The van der Waals surface area contributed by atoms with Crippen LogP contribution in [-0.4, -0.2) is 36.6 Å². The van der Waals surface area contributed by atoms with Gasteiger partial charge in [-0.1, -0.05) is 33.1 Å². The zero-order chi connectivity index (χ0) is 14.4. The molecule has 0 aromatic rings. The van der Waals surface area contributed by atoms with Crippen molar-refractivity contribution in [3.05, 3.63) is 0 Å². The van der Waals surface area contributed by atoms with E-state index in [-0.39, 0.29) is 0 Å². The van der Waals surface area contributed by atoms with Crippen LogP contribution in [0.2, 0.25) is 0 Å². The average molecular weight is 280 g/mol. The van der Waals surface area contributed by atoms with E-state index < -0.39 is 0 Å². The summed E-state index contributed by atoms with van der Waals surface area (Å²) in [5.74, 6) is 1.89. The van der Waals surface area contributed by atoms with E-state index in [1.54, 1.807) is 0 Å². The Kier molecular flexibility index (Phi) is 6.83. The lowest BCUT2D eigenvalue weighted by Crippen LogP contribution is -2.46. The maximum Gasteiger partial charge on any atom is 0.00722 e. The molecule has 1 N–H and O–H groups in total. The molecule has 2 heteroatoms. The summed E-state index contributed by atoms with van der Waals surface area (Å²) in [6, 6.07) is 1.52. The van der Waals surface area contributed by atoms with Gasteiger partial charge in [-0.25, -0.2) is 0 Å². The third kappa shape index (κ3) is 4.73. The van der Waals surface area contributed by atoms with E-state index in [4.69, 9.17) is 0 Å². The van der Waals surface area contributed by atoms with Gasteiger partial charge in [0.25, 0.3) is 0 Å². The fourth-order valence-electron chi connectivity index (χ4n) is 4.31. The lowest BCUT2D eigenvalue weighted by atomic mass is 9.82. The highest BCUT2D eigenvalue weighted by Gasteiger charge is 2.27. The van der Waals surface area contributed by atoms with Crippen LogP contribution in [0.4, 0.5) is 0 Å². The van der Waals surface area contributed by atoms with Crippen molar-refractivity contribution in [1.82, 2.24) is 10.2 Å². The van der Waals surface area contributed by atoms with E-state index in [1.165, 1.54) is 71.0 Å². The second-order valence-electron chi connectivity index (χ2n) is 7.27. The fraction of sp³-hybridized carbons (Fsp3) is 1.00. The van der Waals surface area contributed by atoms with Crippen molar-refractivity contribution in [3.8, 4) is 0 Å². The zero-order valence-corrected chi connectivity index (χ0v) is 14.0. The third-order valence-corrected chi connectivity index (χ3v) is 5.74. The van der Waals surface area contributed by atoms with Gasteiger partial charge in [0, 0.05) is 12.1 Å². The van der Waals surface area contributed by atoms with Gasteiger partial charge in [0.2, 0.25) is 0 Å². The van der Waals surface area contributed by atoms with Crippen LogP contribution in [0.15, 0.2) is 0 Å². The van der Waals surface area contributed by atoms with Crippen molar-refractivity contribution in [2.45, 2.75) is 84.2 Å². The Balaban J connectivity index is 1.71. The quantitative estimate of drug-likeness (QED) is 0.789. The molecule has 118 valence electrons. The molecule has 2 fully saturated rings. The standard InChI is InChI=1S/C18H36N2/c1-4-11-20-12-9-17(10-13-20)15(3)19-18-8-6-7-16(5-2)14-18/h15-19H,4-14H2,1-3H3. The Morgan fingerprint density at radius 1 is 1.10 bits per heavy atom. The van der Waals surface area contributed by atoms with E-state index in [2.05, 4.69) is 31.0 Å². The summed E-state index contributed by atoms with van der Waals surface area (Å²) in [5.41, 5.74) is 0. The van der Waals surface area contributed by atoms with Crippen LogP contribution in [-0.2, 0) is 0 Å². The van der Waals surface area contributed by atoms with Crippen molar-refractivity contribution in [2.24, 2.45) is 11.8 Å². The molecule has 0 bridgehead atoms. The Hall–Kier alpha value is -0.0800. The molecule has 20 heavy (non-hydrogen) atoms. The van der Waals surface area contributed by atoms with E-state index >= 15 is 0 Å². The number of nitrogens with zero attached hydrogens (tertiary/aromatic N) is 1. The smallest absolute Gasteiger partial charge is 0.00722 e. The van der Waals surface area contributed by atoms with Crippen molar-refractivity contribution in [1.29, 1.82) is 0 Å². The fourth-order valence-corrected chi connectivity index (χ4v) is 4.31. The highest BCUT2D eigenvalue weighted by atomic mass is 15.1. The van der Waals surface area contributed by atoms with Gasteiger partial charge in [0.15, 0.2) is 0 Å². The number of piperidine rings is 1. The third-order valence-electron chi connectivity index (χ3n) is 5.74. The average Bonchev–Trinajstić information content (AvgIpc) is 2.48. The van der Waals surface area contributed by atoms with Gasteiger partial charge in [-0.15, -0.1) is 0 Å². The molecule has 3 unspecified atom stereocenters. The summed E-state index contributed by atoms with van der Waals surface area (Å²) in [6.45, 7) is 11.0. The maximum absolute atomic E-state index is 3.98. The first-order valence-electron chi connectivity index (χ1n) is 9.21. The van der Waals surface area contributed by atoms with E-state index in [0.29, 0.717) is 0 Å². The summed E-state index contributed by atoms with van der Waals surface area (Å²) in [4.78, 5) is 2.65. The molecular formula is C18H36N2. The number of rotatable bonds is 6. The Morgan fingerprint density at radius 3 is 2.50 bits per heavy atom. The second kappa shape index (κ2) is 8.38. The molecule has 0 aromatic carbocycles. The van der Waals surface area contributed by atoms with Crippen LogP contribution in [0.1, 0.15) is 72.1 Å². The Bertz CT molecular complexity index is 258. The van der Waals surface area contributed by atoms with Crippen molar-refractivity contribution in [2.75, 3.05) is 19.6 Å². The highest BCUT2D eigenvalue weighted by Crippen LogP contribution is 2.28. The maximum atomic E-state index is 3.98. The van der Waals surface area contributed by atoms with E-state index in [0.717, 1.165) is 23.9 Å². The molecule has 1 aliphatic carbocycles. The molecule has 0 radical (unpaired) electrons. The molecule has 2 rings (SSSR count). The van der Waals surface area contributed by atoms with Crippen molar-refractivity contribution in [3.63, 3.8) is 0 Å². The minimum atomic E-state index is 0.722. The van der Waals surface area contributed by atoms with Crippen LogP contribution < -0.4 is 5.32 Å². The van der Waals surface area contributed by atoms with Gasteiger partial charge in [0.1, 0.15) is 0 Å². The largest absolute Gasteiger partial charge is 0.311 e. The van der Waals surface area contributed by atoms with Gasteiger partial charge < -0.3 is 10.2 Å². The molecule has 1 aliphatic heterocycles. The van der Waals surface area contributed by atoms with Crippen molar-refractivity contribution < 1.29 is 0 Å². The minimum absolute atomic E-state index is 0.722. The van der Waals surface area contributed by atoms with Gasteiger partial charge in [-0.3, -0.25) is 0 Å². The second-order valence-corrected chi connectivity index (χ2v) is 7.27. The van der Waals surface area contributed by atoms with Gasteiger partial charge in [-0.2, -0.15) is 0 Å². The Morgan fingerprint density at radius 2 is 1.85 bits per heavy atom. The molecule has 2 nitrogen and oxygen atoms in total. The molecule has 1 heterocycles. The molecule has 0 amide bonds. The Labute approximate surface area is 126 Å². The summed E-state index contributed by atoms with van der Waals surface area (Å²) in [7, 11) is 0. The van der Waals surface area contributed by atoms with Crippen LogP contribution in [0.25, 0.3) is 0 Å². The molecule has 1 saturated heterocycles. The van der Waals surface area contributed by atoms with E-state index in [1.807, 2.05) is 0 Å². The summed E-state index contributed by atoms with van der Waals surface area (Å²) in [5, 5.41) is 3.98. The van der Waals surface area contributed by atoms with Crippen LogP contribution >= 0.6 is 0 Å². The molecule has 3 atom stereocenters. The summed E-state index contributed by atoms with van der Waals surface area (Å²) in [6.07, 6.45) is 11.2. The monoisotopic (exact) mass is 280 g/mol. The summed E-state index contributed by atoms with van der Waals surface area (Å²) >= 11 is 0. The van der Waals surface area contributed by atoms with Crippen LogP contribution in [0.3, 0.4) is 0 Å². The lowest BCUT2D eigenvalue weighted by molar-refractivity contribution is 0.150. The zero-order valence-electron chi connectivity index (χ0n) is 14.0. The number of hydrogen-bond donors (Lipinski definition) is 1. The van der Waals surface area contributed by atoms with Gasteiger partial charge >= 0.3 is 0 Å². The molecular weight excluding hydrogens is 244 g/mol. The number of nitrogens with one attached hydrogen (secondary N) is 1. The topological polar surface area (TPSA) is 15.3 Å². The van der Waals surface area contributed by atoms with Gasteiger partial charge in [0.05, 0.1) is 0 Å². The predicted molar refractivity (Wildman–Crippen MR) is 88.1 cm³/mol. The van der Waals surface area contributed by atoms with Crippen LogP contribution in [0, 0.1) is 11.8 Å². The molecule has 0 aromatic heterocycles. The number of likely N-dealkylation sites (tertiary alicyclic amines) is 1. The minimum Gasteiger partial charge on any atom is -0.311 e. The lowest BCUT2D eigenvalue weighted by Gasteiger charge is -2.38. The first kappa shape index (κ1) is 16.3. The first-order chi connectivity index (χ1) is 9.72. The highest BCUT2D eigenvalue weighted by molar-refractivity contribution is 4.84. The summed E-state index contributed by atoms with van der Waals surface area (Å²) < 4.78 is 0. The first-order valence-corrected chi connectivity index (χ1v) is 9.21. The SMILES string of the molecule is CCCN1CCC(C(C)NC2CCCC(CC)C2)CC1.